The van der Waals surface area contributed by atoms with E-state index in [1.165, 1.54) is 6.26 Å². The van der Waals surface area contributed by atoms with Gasteiger partial charge in [0, 0.05) is 5.39 Å². The molecule has 1 aliphatic heterocycles. The predicted octanol–water partition coefficient (Wildman–Crippen LogP) is 5.36. The lowest BCUT2D eigenvalue weighted by atomic mass is 10.0. The zero-order chi connectivity index (χ0) is 22.8. The van der Waals surface area contributed by atoms with E-state index in [-0.39, 0.29) is 5.95 Å². The lowest BCUT2D eigenvalue weighted by Crippen LogP contribution is -2.07. The van der Waals surface area contributed by atoms with E-state index in [0.29, 0.717) is 34.2 Å². The van der Waals surface area contributed by atoms with Crippen molar-refractivity contribution in [3.05, 3.63) is 84.2 Å². The summed E-state index contributed by atoms with van der Waals surface area (Å²) in [6, 6.07) is 11.7. The van der Waals surface area contributed by atoms with Gasteiger partial charge in [-0.2, -0.15) is 0 Å². The Morgan fingerprint density at radius 1 is 0.909 bits per heavy atom. The molecule has 33 heavy (non-hydrogen) atoms. The van der Waals surface area contributed by atoms with Gasteiger partial charge in [0.05, 0.1) is 19.7 Å². The number of nitrogens with zero attached hydrogens (tertiary/aromatic N) is 2. The van der Waals surface area contributed by atoms with Gasteiger partial charge in [-0.15, -0.1) is 0 Å². The molecule has 7 heteroatoms. The van der Waals surface area contributed by atoms with Gasteiger partial charge < -0.3 is 24.7 Å². The van der Waals surface area contributed by atoms with Crippen LogP contribution in [0.5, 0.6) is 11.5 Å². The van der Waals surface area contributed by atoms with Crippen molar-refractivity contribution in [3.8, 4) is 22.6 Å². The molecule has 0 fully saturated rings. The molecule has 0 saturated carbocycles. The van der Waals surface area contributed by atoms with E-state index < -0.39 is 0 Å². The van der Waals surface area contributed by atoms with E-state index >= 15 is 0 Å². The first-order valence-corrected chi connectivity index (χ1v) is 10.6. The van der Waals surface area contributed by atoms with Crippen molar-refractivity contribution in [2.75, 3.05) is 20.0 Å². The van der Waals surface area contributed by atoms with Crippen molar-refractivity contribution >= 4 is 22.6 Å². The number of aromatic nitrogens is 2. The summed E-state index contributed by atoms with van der Waals surface area (Å²) in [7, 11) is 3.23. The largest absolute Gasteiger partial charge is 0.493 e. The summed E-state index contributed by atoms with van der Waals surface area (Å²) >= 11 is 0. The van der Waals surface area contributed by atoms with Crippen LogP contribution in [0.4, 0.5) is 5.95 Å². The number of ether oxygens (including phenoxy) is 4. The van der Waals surface area contributed by atoms with Crippen LogP contribution in [0.2, 0.25) is 0 Å². The molecule has 5 rings (SSSR count). The first kappa shape index (κ1) is 20.6. The van der Waals surface area contributed by atoms with E-state index in [1.54, 1.807) is 20.5 Å². The summed E-state index contributed by atoms with van der Waals surface area (Å²) in [5, 5.41) is 0.796. The van der Waals surface area contributed by atoms with E-state index in [1.807, 2.05) is 48.6 Å². The number of benzene rings is 2. The van der Waals surface area contributed by atoms with Crippen molar-refractivity contribution in [2.24, 2.45) is 0 Å². The van der Waals surface area contributed by atoms with Gasteiger partial charge in [-0.1, -0.05) is 30.4 Å². The summed E-state index contributed by atoms with van der Waals surface area (Å²) < 4.78 is 22.6. The summed E-state index contributed by atoms with van der Waals surface area (Å²) in [6.07, 6.45) is 11.2. The van der Waals surface area contributed by atoms with E-state index in [4.69, 9.17) is 24.7 Å². The third-order valence-electron chi connectivity index (χ3n) is 5.56. The fraction of sp³-hybridized carbons (Fsp3) is 0.154. The molecule has 0 atom stereocenters. The average Bonchev–Trinajstić information content (AvgIpc) is 2.88. The van der Waals surface area contributed by atoms with Gasteiger partial charge in [0.2, 0.25) is 5.95 Å². The van der Waals surface area contributed by atoms with Gasteiger partial charge in [-0.3, -0.25) is 0 Å². The molecule has 0 amide bonds. The maximum atomic E-state index is 6.20. The highest BCUT2D eigenvalue weighted by atomic mass is 16.5. The Kier molecular flexibility index (Phi) is 5.44. The molecular weight excluding hydrogens is 418 g/mol. The number of fused-ring (bicyclic) bond motifs is 1. The Labute approximate surface area is 191 Å². The van der Waals surface area contributed by atoms with E-state index in [9.17, 15) is 0 Å². The Balaban J connectivity index is 1.56. The molecule has 1 aliphatic carbocycles. The number of anilines is 1. The minimum atomic E-state index is 0.164. The van der Waals surface area contributed by atoms with Crippen LogP contribution in [0, 0.1) is 0 Å². The maximum Gasteiger partial charge on any atom is 0.221 e. The Morgan fingerprint density at radius 3 is 2.48 bits per heavy atom. The topological polar surface area (TPSA) is 88.7 Å². The van der Waals surface area contributed by atoms with Gasteiger partial charge in [-0.25, -0.2) is 9.97 Å². The van der Waals surface area contributed by atoms with Crippen molar-refractivity contribution in [1.82, 2.24) is 9.97 Å². The van der Waals surface area contributed by atoms with Crippen LogP contribution < -0.4 is 15.2 Å². The molecule has 0 saturated heterocycles. The number of methoxy groups -OCH3 is 2. The Bertz CT molecular complexity index is 1360. The third-order valence-corrected chi connectivity index (χ3v) is 5.56. The van der Waals surface area contributed by atoms with Crippen LogP contribution >= 0.6 is 0 Å². The molecule has 1 aromatic heterocycles. The summed E-state index contributed by atoms with van der Waals surface area (Å²) in [5.74, 6) is 2.63. The molecule has 0 spiro atoms. The summed E-state index contributed by atoms with van der Waals surface area (Å²) in [4.78, 5) is 8.89. The molecule has 3 aromatic rings. The lowest BCUT2D eigenvalue weighted by molar-refractivity contribution is 0.284. The standard InChI is InChI=1S/C26H23N3O4/c1-30-21-11-9-18(13-22(21)31-2)17-8-10-20-19(12-17)25(29-26(27)28-20)24-15-32-14-23(33-24)16-6-4-3-5-7-16/h3-4,6,8-15H,5,7H2,1-2H3,(H2,27,28,29). The van der Waals surface area contributed by atoms with Gasteiger partial charge in [0.25, 0.3) is 0 Å². The molecular formula is C26H23N3O4. The molecule has 2 aromatic carbocycles. The minimum Gasteiger partial charge on any atom is -0.493 e. The highest BCUT2D eigenvalue weighted by Gasteiger charge is 2.21. The van der Waals surface area contributed by atoms with Gasteiger partial charge >= 0.3 is 0 Å². The number of nitrogen functional groups attached to an aromatic ring is 1. The van der Waals surface area contributed by atoms with Gasteiger partial charge in [0.15, 0.2) is 23.0 Å². The lowest BCUT2D eigenvalue weighted by Gasteiger charge is -2.20. The van der Waals surface area contributed by atoms with Crippen LogP contribution in [0.1, 0.15) is 18.5 Å². The first-order valence-electron chi connectivity index (χ1n) is 10.6. The highest BCUT2D eigenvalue weighted by Crippen LogP contribution is 2.36. The second-order valence-corrected chi connectivity index (χ2v) is 7.59. The fourth-order valence-corrected chi connectivity index (χ4v) is 3.91. The summed E-state index contributed by atoms with van der Waals surface area (Å²) in [5.41, 5.74) is 10.3. The minimum absolute atomic E-state index is 0.164. The van der Waals surface area contributed by atoms with Crippen molar-refractivity contribution in [3.63, 3.8) is 0 Å². The second kappa shape index (κ2) is 8.70. The predicted molar refractivity (Wildman–Crippen MR) is 127 cm³/mol. The van der Waals surface area contributed by atoms with Crippen LogP contribution in [-0.4, -0.2) is 24.2 Å². The molecule has 7 nitrogen and oxygen atoms in total. The zero-order valence-corrected chi connectivity index (χ0v) is 18.4. The van der Waals surface area contributed by atoms with E-state index in [2.05, 4.69) is 16.0 Å². The van der Waals surface area contributed by atoms with Crippen LogP contribution in [-0.2, 0) is 9.47 Å². The van der Waals surface area contributed by atoms with Crippen LogP contribution in [0.25, 0.3) is 27.8 Å². The molecule has 2 aliphatic rings. The van der Waals surface area contributed by atoms with Crippen molar-refractivity contribution in [2.45, 2.75) is 12.8 Å². The summed E-state index contributed by atoms with van der Waals surface area (Å²) in [6.45, 7) is 0. The monoisotopic (exact) mass is 441 g/mol. The number of hydrogen-bond donors (Lipinski definition) is 1. The zero-order valence-electron chi connectivity index (χ0n) is 18.4. The maximum absolute atomic E-state index is 6.20. The second-order valence-electron chi connectivity index (χ2n) is 7.59. The normalized spacial score (nSPS) is 15.2. The van der Waals surface area contributed by atoms with Gasteiger partial charge in [-0.05, 0) is 53.8 Å². The molecule has 0 radical (unpaired) electrons. The molecule has 0 unspecified atom stereocenters. The number of allylic oxidation sites excluding steroid dienone is 4. The number of nitrogens with two attached hydrogens (primary N) is 1. The van der Waals surface area contributed by atoms with Crippen LogP contribution in [0.15, 0.2) is 78.5 Å². The highest BCUT2D eigenvalue weighted by molar-refractivity contribution is 5.92. The third kappa shape index (κ3) is 4.01. The van der Waals surface area contributed by atoms with Crippen molar-refractivity contribution in [1.29, 1.82) is 0 Å². The SMILES string of the molecule is COc1ccc(-c2ccc3nc(N)nc(C4=COC=C(C5=CC=CCC5)O4)c3c2)cc1OC. The van der Waals surface area contributed by atoms with Crippen LogP contribution in [0.3, 0.4) is 0 Å². The van der Waals surface area contributed by atoms with E-state index in [0.717, 1.165) is 34.9 Å². The molecule has 0 bridgehead atoms. The smallest absolute Gasteiger partial charge is 0.221 e. The number of rotatable bonds is 5. The Morgan fingerprint density at radius 2 is 1.70 bits per heavy atom. The Hall–Kier alpha value is -4.26. The van der Waals surface area contributed by atoms with Crippen molar-refractivity contribution < 1.29 is 18.9 Å². The quantitative estimate of drug-likeness (QED) is 0.570. The molecule has 166 valence electrons. The first-order chi connectivity index (χ1) is 16.2. The average molecular weight is 441 g/mol. The molecule has 2 heterocycles. The fourth-order valence-electron chi connectivity index (χ4n) is 3.91. The molecule has 2 N–H and O–H groups in total. The number of hydrogen-bond acceptors (Lipinski definition) is 7. The van der Waals surface area contributed by atoms with Gasteiger partial charge in [0.1, 0.15) is 18.2 Å².